The van der Waals surface area contributed by atoms with Gasteiger partial charge < -0.3 is 5.32 Å². The van der Waals surface area contributed by atoms with Crippen LogP contribution in [0.1, 0.15) is 6.42 Å². The molecule has 0 aliphatic carbocycles. The van der Waals surface area contributed by atoms with E-state index < -0.39 is 30.8 Å². The zero-order valence-electron chi connectivity index (χ0n) is 11.8. The van der Waals surface area contributed by atoms with Gasteiger partial charge in [-0.15, -0.1) is 12.4 Å². The van der Waals surface area contributed by atoms with Crippen molar-refractivity contribution < 1.29 is 13.6 Å². The molecule has 5 nitrogen and oxygen atoms in total. The Labute approximate surface area is 142 Å². The van der Waals surface area contributed by atoms with E-state index in [-0.39, 0.29) is 18.2 Å². The molecule has 1 atom stereocenters. The van der Waals surface area contributed by atoms with Gasteiger partial charge in [0, 0.05) is 18.7 Å². The number of benzene rings is 1. The third-order valence-electron chi connectivity index (χ3n) is 3.37. The fourth-order valence-electron chi connectivity index (χ4n) is 2.28. The molecular weight excluding hydrogens is 349 g/mol. The summed E-state index contributed by atoms with van der Waals surface area (Å²) >= 11 is 6.07. The summed E-state index contributed by atoms with van der Waals surface area (Å²) in [7, 11) is 0. The molecule has 23 heavy (non-hydrogen) atoms. The Morgan fingerprint density at radius 1 is 1.39 bits per heavy atom. The molecule has 1 unspecified atom stereocenters. The first-order valence-corrected chi connectivity index (χ1v) is 7.05. The molecule has 1 aliphatic heterocycles. The average molecular weight is 363 g/mol. The number of nitrogens with one attached hydrogen (secondary N) is 2. The minimum Gasteiger partial charge on any atom is -0.308 e. The summed E-state index contributed by atoms with van der Waals surface area (Å²) in [4.78, 5) is 11.9. The van der Waals surface area contributed by atoms with Gasteiger partial charge in [-0.3, -0.25) is 10.1 Å². The standard InChI is InChI=1S/C14H13ClF2N4O.ClH/c15-9-3-1-2-4-11(9)21-6-5-12(20-21)19-13(22)10-7-14(16,17)8-18-10;/h1-6,10,18H,7-8H2,(H,19,20,22);1H. The molecule has 1 fully saturated rings. The van der Waals surface area contributed by atoms with Crippen LogP contribution in [0.15, 0.2) is 36.5 Å². The van der Waals surface area contributed by atoms with Crippen molar-refractivity contribution in [1.29, 1.82) is 0 Å². The van der Waals surface area contributed by atoms with Gasteiger partial charge in [0.2, 0.25) is 5.91 Å². The highest BCUT2D eigenvalue weighted by atomic mass is 35.5. The first kappa shape index (κ1) is 17.7. The van der Waals surface area contributed by atoms with Gasteiger partial charge in [-0.2, -0.15) is 5.10 Å². The Balaban J connectivity index is 0.00000192. The summed E-state index contributed by atoms with van der Waals surface area (Å²) in [5, 5.41) is 9.71. The molecule has 9 heteroatoms. The summed E-state index contributed by atoms with van der Waals surface area (Å²) in [5.74, 6) is -3.10. The summed E-state index contributed by atoms with van der Waals surface area (Å²) in [6.07, 6.45) is 1.12. The molecule has 1 aromatic carbocycles. The lowest BCUT2D eigenvalue weighted by Gasteiger charge is -2.09. The summed E-state index contributed by atoms with van der Waals surface area (Å²) in [5.41, 5.74) is 0.662. The molecule has 3 rings (SSSR count). The molecule has 2 aromatic rings. The highest BCUT2D eigenvalue weighted by Crippen LogP contribution is 2.26. The topological polar surface area (TPSA) is 59.0 Å². The second-order valence-electron chi connectivity index (χ2n) is 5.08. The van der Waals surface area contributed by atoms with Crippen LogP contribution in [-0.4, -0.2) is 34.2 Å². The van der Waals surface area contributed by atoms with Crippen LogP contribution in [0.25, 0.3) is 5.69 Å². The van der Waals surface area contributed by atoms with E-state index in [0.717, 1.165) is 0 Å². The van der Waals surface area contributed by atoms with Crippen molar-refractivity contribution in [2.45, 2.75) is 18.4 Å². The van der Waals surface area contributed by atoms with Crippen molar-refractivity contribution in [3.8, 4) is 5.69 Å². The van der Waals surface area contributed by atoms with E-state index >= 15 is 0 Å². The normalized spacial score (nSPS) is 19.2. The van der Waals surface area contributed by atoms with Gasteiger partial charge in [0.1, 0.15) is 0 Å². The van der Waals surface area contributed by atoms with Gasteiger partial charge in [0.15, 0.2) is 5.82 Å². The quantitative estimate of drug-likeness (QED) is 0.882. The highest BCUT2D eigenvalue weighted by molar-refractivity contribution is 6.32. The summed E-state index contributed by atoms with van der Waals surface area (Å²) in [6, 6.07) is 7.77. The summed E-state index contributed by atoms with van der Waals surface area (Å²) < 4.78 is 27.7. The average Bonchev–Trinajstić information content (AvgIpc) is 3.06. The zero-order chi connectivity index (χ0) is 15.7. The van der Waals surface area contributed by atoms with Crippen LogP contribution >= 0.6 is 24.0 Å². The van der Waals surface area contributed by atoms with Crippen molar-refractivity contribution in [3.05, 3.63) is 41.6 Å². The molecule has 0 radical (unpaired) electrons. The van der Waals surface area contributed by atoms with E-state index in [4.69, 9.17) is 11.6 Å². The van der Waals surface area contributed by atoms with Crippen molar-refractivity contribution in [2.75, 3.05) is 11.9 Å². The number of anilines is 1. The van der Waals surface area contributed by atoms with E-state index in [1.54, 1.807) is 30.5 Å². The van der Waals surface area contributed by atoms with Gasteiger partial charge in [-0.25, -0.2) is 13.5 Å². The smallest absolute Gasteiger partial charge is 0.262 e. The van der Waals surface area contributed by atoms with Crippen molar-refractivity contribution >= 4 is 35.7 Å². The third kappa shape index (κ3) is 3.99. The maximum atomic E-state index is 13.1. The molecule has 0 bridgehead atoms. The van der Waals surface area contributed by atoms with Gasteiger partial charge in [0.25, 0.3) is 5.92 Å². The minimum atomic E-state index is -2.85. The number of hydrogen-bond donors (Lipinski definition) is 2. The Kier molecular flexibility index (Phi) is 5.23. The van der Waals surface area contributed by atoms with Crippen LogP contribution < -0.4 is 10.6 Å². The van der Waals surface area contributed by atoms with Crippen LogP contribution in [0, 0.1) is 0 Å². The second-order valence-corrected chi connectivity index (χ2v) is 5.49. The molecule has 2 heterocycles. The lowest BCUT2D eigenvalue weighted by atomic mass is 10.2. The molecule has 1 aromatic heterocycles. The predicted octanol–water partition coefficient (Wildman–Crippen LogP) is 2.88. The minimum absolute atomic E-state index is 0. The predicted molar refractivity (Wildman–Crippen MR) is 85.8 cm³/mol. The van der Waals surface area contributed by atoms with E-state index in [1.807, 2.05) is 6.07 Å². The first-order valence-electron chi connectivity index (χ1n) is 6.67. The second kappa shape index (κ2) is 6.82. The maximum absolute atomic E-state index is 13.1. The molecule has 1 amide bonds. The number of para-hydroxylation sites is 1. The number of nitrogens with zero attached hydrogens (tertiary/aromatic N) is 2. The van der Waals surface area contributed by atoms with Gasteiger partial charge >= 0.3 is 0 Å². The first-order chi connectivity index (χ1) is 10.4. The van der Waals surface area contributed by atoms with Gasteiger partial charge in [0.05, 0.1) is 23.3 Å². The van der Waals surface area contributed by atoms with E-state index in [0.29, 0.717) is 10.7 Å². The number of carbonyl (C=O) groups is 1. The molecule has 0 saturated carbocycles. The largest absolute Gasteiger partial charge is 0.308 e. The van der Waals surface area contributed by atoms with Crippen LogP contribution in [0.5, 0.6) is 0 Å². The Morgan fingerprint density at radius 3 is 2.78 bits per heavy atom. The lowest BCUT2D eigenvalue weighted by molar-refractivity contribution is -0.118. The van der Waals surface area contributed by atoms with E-state index in [2.05, 4.69) is 15.7 Å². The van der Waals surface area contributed by atoms with Crippen molar-refractivity contribution in [2.24, 2.45) is 0 Å². The monoisotopic (exact) mass is 362 g/mol. The molecule has 1 aliphatic rings. The number of hydrogen-bond acceptors (Lipinski definition) is 3. The molecule has 0 spiro atoms. The fraction of sp³-hybridized carbons (Fsp3) is 0.286. The third-order valence-corrected chi connectivity index (χ3v) is 3.69. The van der Waals surface area contributed by atoms with Crippen LogP contribution in [-0.2, 0) is 4.79 Å². The number of rotatable bonds is 3. The number of alkyl halides is 2. The van der Waals surface area contributed by atoms with Gasteiger partial charge in [-0.05, 0) is 12.1 Å². The maximum Gasteiger partial charge on any atom is 0.262 e. The number of halogens is 4. The molecular formula is C14H14Cl2F2N4O. The van der Waals surface area contributed by atoms with Crippen LogP contribution in [0.2, 0.25) is 5.02 Å². The van der Waals surface area contributed by atoms with Crippen molar-refractivity contribution in [3.63, 3.8) is 0 Å². The van der Waals surface area contributed by atoms with E-state index in [9.17, 15) is 13.6 Å². The molecule has 124 valence electrons. The number of amides is 1. The Bertz CT molecular complexity index is 708. The van der Waals surface area contributed by atoms with E-state index in [1.165, 1.54) is 4.68 Å². The SMILES string of the molecule is Cl.O=C(Nc1ccn(-c2ccccc2Cl)n1)C1CC(F)(F)CN1. The Morgan fingerprint density at radius 2 is 2.13 bits per heavy atom. The highest BCUT2D eigenvalue weighted by Gasteiger charge is 2.42. The Hall–Kier alpha value is -1.70. The molecule has 1 saturated heterocycles. The van der Waals surface area contributed by atoms with Gasteiger partial charge in [-0.1, -0.05) is 23.7 Å². The van der Waals surface area contributed by atoms with Crippen LogP contribution in [0.3, 0.4) is 0 Å². The molecule has 2 N–H and O–H groups in total. The summed E-state index contributed by atoms with van der Waals surface area (Å²) in [6.45, 7) is -0.487. The number of aromatic nitrogens is 2. The van der Waals surface area contributed by atoms with Crippen molar-refractivity contribution in [1.82, 2.24) is 15.1 Å². The fourth-order valence-corrected chi connectivity index (χ4v) is 2.50. The number of carbonyl (C=O) groups excluding carboxylic acids is 1. The lowest BCUT2D eigenvalue weighted by Crippen LogP contribution is -2.35. The van der Waals surface area contributed by atoms with Crippen LogP contribution in [0.4, 0.5) is 14.6 Å². The zero-order valence-corrected chi connectivity index (χ0v) is 13.4.